The van der Waals surface area contributed by atoms with E-state index in [9.17, 15) is 0 Å². The average molecular weight is 733 g/mol. The molecule has 1 N–H and O–H groups in total. The topological polar surface area (TPSA) is 68.0 Å². The Kier molecular flexibility index (Phi) is 6.89. The Labute approximate surface area is 326 Å². The zero-order valence-electron chi connectivity index (χ0n) is 30.6. The van der Waals surface area contributed by atoms with Crippen molar-refractivity contribution in [2.24, 2.45) is 9.98 Å². The van der Waals surface area contributed by atoms with Gasteiger partial charge in [0.15, 0.2) is 5.84 Å². The molecule has 8 aromatic carbocycles. The fourth-order valence-electron chi connectivity index (χ4n) is 8.61. The summed E-state index contributed by atoms with van der Waals surface area (Å²) in [5.41, 5.74) is 12.0. The van der Waals surface area contributed by atoms with Crippen LogP contribution in [0.5, 0.6) is 0 Å². The summed E-state index contributed by atoms with van der Waals surface area (Å²) in [6, 6.07) is 63.3. The predicted molar refractivity (Wildman–Crippen MR) is 233 cm³/mol. The zero-order valence-corrected chi connectivity index (χ0v) is 30.6. The van der Waals surface area contributed by atoms with Crippen LogP contribution in [0.25, 0.3) is 82.5 Å². The molecule has 268 valence electrons. The van der Waals surface area contributed by atoms with Gasteiger partial charge >= 0.3 is 0 Å². The molecule has 1 aliphatic rings. The minimum atomic E-state index is -0.275. The predicted octanol–water partition coefficient (Wildman–Crippen LogP) is 12.7. The largest absolute Gasteiger partial charge is 0.456 e. The summed E-state index contributed by atoms with van der Waals surface area (Å²) in [7, 11) is 0. The first kappa shape index (κ1) is 31.6. The highest BCUT2D eigenvalue weighted by Gasteiger charge is 2.22. The molecule has 0 aliphatic carbocycles. The Morgan fingerprint density at radius 1 is 0.456 bits per heavy atom. The number of hydrogen-bond donors (Lipinski definition) is 1. The third kappa shape index (κ3) is 5.04. The van der Waals surface area contributed by atoms with Gasteiger partial charge in [0.1, 0.15) is 34.3 Å². The Morgan fingerprint density at radius 3 is 1.95 bits per heavy atom. The fourth-order valence-corrected chi connectivity index (χ4v) is 8.61. The van der Waals surface area contributed by atoms with Crippen molar-refractivity contribution in [3.8, 4) is 16.8 Å². The van der Waals surface area contributed by atoms with E-state index in [1.807, 2.05) is 36.4 Å². The van der Waals surface area contributed by atoms with Crippen molar-refractivity contribution in [3.05, 3.63) is 199 Å². The van der Waals surface area contributed by atoms with Crippen LogP contribution in [0, 0.1) is 0 Å². The molecule has 6 heteroatoms. The number of fused-ring (bicyclic) bond motifs is 9. The van der Waals surface area contributed by atoms with Gasteiger partial charge in [-0.25, -0.2) is 9.98 Å². The molecule has 1 atom stereocenters. The Morgan fingerprint density at radius 2 is 1.14 bits per heavy atom. The van der Waals surface area contributed by atoms with Crippen LogP contribution < -0.4 is 5.32 Å². The summed E-state index contributed by atoms with van der Waals surface area (Å²) in [6.07, 6.45) is -0.275. The normalized spacial score (nSPS) is 14.5. The Hall–Kier alpha value is -7.70. The molecule has 11 aromatic rings. The molecular weight excluding hydrogens is 701 g/mol. The van der Waals surface area contributed by atoms with Crippen molar-refractivity contribution < 1.29 is 8.83 Å². The van der Waals surface area contributed by atoms with Crippen LogP contribution in [0.2, 0.25) is 0 Å². The van der Waals surface area contributed by atoms with Crippen molar-refractivity contribution in [3.63, 3.8) is 0 Å². The number of amidine groups is 2. The first-order valence-corrected chi connectivity index (χ1v) is 19.2. The van der Waals surface area contributed by atoms with Crippen LogP contribution >= 0.6 is 0 Å². The lowest BCUT2D eigenvalue weighted by Gasteiger charge is -2.23. The van der Waals surface area contributed by atoms with Crippen molar-refractivity contribution in [1.82, 2.24) is 9.88 Å². The second kappa shape index (κ2) is 12.4. The maximum atomic E-state index is 6.53. The van der Waals surface area contributed by atoms with Crippen LogP contribution in [0.3, 0.4) is 0 Å². The Balaban J connectivity index is 0.973. The van der Waals surface area contributed by atoms with E-state index in [1.165, 1.54) is 21.8 Å². The van der Waals surface area contributed by atoms with E-state index in [2.05, 4.69) is 155 Å². The number of aromatic nitrogens is 1. The summed E-state index contributed by atoms with van der Waals surface area (Å²) in [5.74, 6) is 1.44. The van der Waals surface area contributed by atoms with E-state index in [0.717, 1.165) is 83.2 Å². The molecule has 3 aromatic heterocycles. The standard InChI is InChI=1S/C51H32N4O2/c1-3-12-31(13-4-1)49-52-50(32-14-5-2-6-15-32)54-51(53-49)34-22-25-39-40-28-33(23-26-44(40)57-47(39)29-34)36-18-11-21-46-48(36)41-30-35(24-27-45(41)56-46)55-42-19-9-7-16-37(42)38-17-8-10-20-43(38)55/h1-30,49H,(H,52,53,54). The SMILES string of the molecule is c1ccc(C2=NC(c3ccc4c(c3)oc3ccc(-c5cccc6oc7ccc(-n8c9ccccc9c9ccccc98)cc7c56)cc34)=NC(c3ccccc3)N2)cc1. The number of furan rings is 2. The van der Waals surface area contributed by atoms with E-state index in [0.29, 0.717) is 5.84 Å². The van der Waals surface area contributed by atoms with Crippen molar-refractivity contribution in [2.75, 3.05) is 0 Å². The number of nitrogens with one attached hydrogen (secondary N) is 1. The Bertz CT molecular complexity index is 3390. The maximum Gasteiger partial charge on any atom is 0.159 e. The molecule has 1 aliphatic heterocycles. The monoisotopic (exact) mass is 732 g/mol. The quantitative estimate of drug-likeness (QED) is 0.192. The van der Waals surface area contributed by atoms with Gasteiger partial charge in [-0.15, -0.1) is 0 Å². The highest BCUT2D eigenvalue weighted by Crippen LogP contribution is 2.41. The molecule has 0 radical (unpaired) electrons. The molecular formula is C51H32N4O2. The molecule has 4 heterocycles. The lowest BCUT2D eigenvalue weighted by molar-refractivity contribution is 0.667. The van der Waals surface area contributed by atoms with Gasteiger partial charge in [0.2, 0.25) is 0 Å². The molecule has 0 saturated heterocycles. The summed E-state index contributed by atoms with van der Waals surface area (Å²) in [6.45, 7) is 0. The van der Waals surface area contributed by atoms with Gasteiger partial charge < -0.3 is 18.7 Å². The third-order valence-electron chi connectivity index (χ3n) is 11.3. The first-order chi connectivity index (χ1) is 28.2. The van der Waals surface area contributed by atoms with Crippen LogP contribution in [0.15, 0.2) is 201 Å². The van der Waals surface area contributed by atoms with Gasteiger partial charge in [-0.3, -0.25) is 0 Å². The molecule has 12 rings (SSSR count). The number of rotatable bonds is 5. The highest BCUT2D eigenvalue weighted by atomic mass is 16.3. The molecule has 57 heavy (non-hydrogen) atoms. The third-order valence-corrected chi connectivity index (χ3v) is 11.3. The van der Waals surface area contributed by atoms with E-state index in [4.69, 9.17) is 18.8 Å². The van der Waals surface area contributed by atoms with Crippen LogP contribution in [-0.2, 0) is 0 Å². The zero-order chi connectivity index (χ0) is 37.5. The molecule has 0 saturated carbocycles. The molecule has 0 amide bonds. The molecule has 6 nitrogen and oxygen atoms in total. The molecule has 0 spiro atoms. The number of nitrogens with zero attached hydrogens (tertiary/aromatic N) is 3. The molecule has 0 bridgehead atoms. The van der Waals surface area contributed by atoms with Crippen LogP contribution in [0.4, 0.5) is 0 Å². The van der Waals surface area contributed by atoms with Crippen LogP contribution in [0.1, 0.15) is 22.9 Å². The van der Waals surface area contributed by atoms with Gasteiger partial charge in [0, 0.05) is 49.1 Å². The second-order valence-electron chi connectivity index (χ2n) is 14.6. The number of para-hydroxylation sites is 2. The maximum absolute atomic E-state index is 6.53. The number of benzene rings is 8. The highest BCUT2D eigenvalue weighted by molar-refractivity contribution is 6.17. The summed E-state index contributed by atoms with van der Waals surface area (Å²) >= 11 is 0. The van der Waals surface area contributed by atoms with Crippen LogP contribution in [-0.4, -0.2) is 16.2 Å². The van der Waals surface area contributed by atoms with Gasteiger partial charge in [-0.1, -0.05) is 121 Å². The van der Waals surface area contributed by atoms with Crippen molar-refractivity contribution in [1.29, 1.82) is 0 Å². The minimum absolute atomic E-state index is 0.275. The van der Waals surface area contributed by atoms with Gasteiger partial charge in [0.25, 0.3) is 0 Å². The smallest absolute Gasteiger partial charge is 0.159 e. The minimum Gasteiger partial charge on any atom is -0.456 e. The molecule has 1 unspecified atom stereocenters. The summed E-state index contributed by atoms with van der Waals surface area (Å²) in [4.78, 5) is 10.1. The first-order valence-electron chi connectivity index (χ1n) is 19.2. The number of aliphatic imine (C=N–C) groups is 2. The van der Waals surface area contributed by atoms with Crippen molar-refractivity contribution in [2.45, 2.75) is 6.17 Å². The summed E-state index contributed by atoms with van der Waals surface area (Å²) in [5, 5.41) is 10.3. The van der Waals surface area contributed by atoms with Gasteiger partial charge in [0.05, 0.1) is 11.0 Å². The van der Waals surface area contributed by atoms with Crippen molar-refractivity contribution >= 4 is 77.4 Å². The summed E-state index contributed by atoms with van der Waals surface area (Å²) < 4.78 is 15.4. The van der Waals surface area contributed by atoms with E-state index in [1.54, 1.807) is 0 Å². The van der Waals surface area contributed by atoms with E-state index >= 15 is 0 Å². The second-order valence-corrected chi connectivity index (χ2v) is 14.6. The molecule has 0 fully saturated rings. The fraction of sp³-hybridized carbons (Fsp3) is 0.0196. The lowest BCUT2D eigenvalue weighted by Crippen LogP contribution is -2.33. The lowest BCUT2D eigenvalue weighted by atomic mass is 9.97. The van der Waals surface area contributed by atoms with E-state index in [-0.39, 0.29) is 6.17 Å². The number of hydrogen-bond acceptors (Lipinski definition) is 5. The van der Waals surface area contributed by atoms with E-state index < -0.39 is 0 Å². The van der Waals surface area contributed by atoms with Gasteiger partial charge in [-0.2, -0.15) is 0 Å². The van der Waals surface area contributed by atoms with Gasteiger partial charge in [-0.05, 0) is 77.4 Å². The average Bonchev–Trinajstić information content (AvgIpc) is 3.95.